The molecule has 1 aromatic rings. The smallest absolute Gasteiger partial charge is 0.121 e. The highest BCUT2D eigenvalue weighted by Gasteiger charge is 2.02. The van der Waals surface area contributed by atoms with Gasteiger partial charge in [-0.25, -0.2) is 0 Å². The lowest BCUT2D eigenvalue weighted by atomic mass is 10.1. The first-order valence-corrected chi connectivity index (χ1v) is 7.12. The maximum atomic E-state index is 9.71. The van der Waals surface area contributed by atoms with Crippen LogP contribution in [0.4, 0.5) is 0 Å². The van der Waals surface area contributed by atoms with Gasteiger partial charge in [0.1, 0.15) is 5.75 Å². The Morgan fingerprint density at radius 2 is 1.79 bits per heavy atom. The van der Waals surface area contributed by atoms with Gasteiger partial charge in [-0.2, -0.15) is 0 Å². The summed E-state index contributed by atoms with van der Waals surface area (Å²) in [6, 6.07) is 4.08. The molecule has 0 spiro atoms. The van der Waals surface area contributed by atoms with Crippen molar-refractivity contribution in [3.05, 3.63) is 28.8 Å². The van der Waals surface area contributed by atoms with Crippen LogP contribution in [-0.2, 0) is 11.3 Å². The van der Waals surface area contributed by atoms with E-state index in [1.807, 2.05) is 26.0 Å². The van der Waals surface area contributed by atoms with Gasteiger partial charge in [0.15, 0.2) is 0 Å². The van der Waals surface area contributed by atoms with Crippen LogP contribution >= 0.6 is 0 Å². The zero-order valence-electron chi connectivity index (χ0n) is 12.6. The van der Waals surface area contributed by atoms with Gasteiger partial charge in [0.25, 0.3) is 0 Å². The minimum Gasteiger partial charge on any atom is -0.507 e. The second-order valence-corrected chi connectivity index (χ2v) is 5.38. The van der Waals surface area contributed by atoms with E-state index in [0.29, 0.717) is 11.9 Å². The number of aromatic hydroxyl groups is 1. The lowest BCUT2D eigenvalue weighted by Crippen LogP contribution is -2.15. The SMILES string of the molecule is Cc1cc(CNCCCCOC(C)C)cc(C)c1O. The van der Waals surface area contributed by atoms with Crippen molar-refractivity contribution in [1.82, 2.24) is 5.32 Å². The average Bonchev–Trinajstić information content (AvgIpc) is 2.34. The second kappa shape index (κ2) is 8.18. The minimum absolute atomic E-state index is 0.330. The Bertz CT molecular complexity index is 365. The third-order valence-corrected chi connectivity index (χ3v) is 3.08. The number of ether oxygens (including phenoxy) is 1. The predicted octanol–water partition coefficient (Wildman–Crippen LogP) is 3.30. The Kier molecular flexibility index (Phi) is 6.89. The largest absolute Gasteiger partial charge is 0.507 e. The Balaban J connectivity index is 2.19. The van der Waals surface area contributed by atoms with Crippen LogP contribution in [0.3, 0.4) is 0 Å². The number of phenols is 1. The molecule has 1 rings (SSSR count). The first-order chi connectivity index (χ1) is 9.00. The molecular formula is C16H27NO2. The van der Waals surface area contributed by atoms with E-state index in [4.69, 9.17) is 4.74 Å². The van der Waals surface area contributed by atoms with Crippen molar-refractivity contribution in [3.63, 3.8) is 0 Å². The van der Waals surface area contributed by atoms with Crippen molar-refractivity contribution >= 4 is 0 Å². The molecule has 0 bridgehead atoms. The summed E-state index contributed by atoms with van der Waals surface area (Å²) in [7, 11) is 0. The second-order valence-electron chi connectivity index (χ2n) is 5.38. The van der Waals surface area contributed by atoms with Crippen LogP contribution in [0, 0.1) is 13.8 Å². The van der Waals surface area contributed by atoms with Crippen LogP contribution in [0.2, 0.25) is 0 Å². The van der Waals surface area contributed by atoms with Crippen LogP contribution in [-0.4, -0.2) is 24.4 Å². The molecule has 0 radical (unpaired) electrons. The van der Waals surface area contributed by atoms with E-state index < -0.39 is 0 Å². The Morgan fingerprint density at radius 1 is 1.16 bits per heavy atom. The van der Waals surface area contributed by atoms with Gasteiger partial charge < -0.3 is 15.2 Å². The van der Waals surface area contributed by atoms with E-state index in [1.54, 1.807) is 0 Å². The fourth-order valence-corrected chi connectivity index (χ4v) is 2.05. The molecule has 0 saturated heterocycles. The van der Waals surface area contributed by atoms with Gasteiger partial charge in [0.2, 0.25) is 0 Å². The van der Waals surface area contributed by atoms with E-state index in [1.165, 1.54) is 5.56 Å². The molecule has 0 aromatic heterocycles. The van der Waals surface area contributed by atoms with E-state index in [-0.39, 0.29) is 0 Å². The Morgan fingerprint density at radius 3 is 2.37 bits per heavy atom. The number of benzene rings is 1. The first kappa shape index (κ1) is 16.0. The zero-order valence-corrected chi connectivity index (χ0v) is 12.6. The normalized spacial score (nSPS) is 11.2. The number of hydrogen-bond acceptors (Lipinski definition) is 3. The third kappa shape index (κ3) is 6.08. The van der Waals surface area contributed by atoms with Gasteiger partial charge in [-0.3, -0.25) is 0 Å². The number of nitrogens with one attached hydrogen (secondary N) is 1. The molecule has 108 valence electrons. The van der Waals surface area contributed by atoms with Crippen LogP contribution in [0.5, 0.6) is 5.75 Å². The summed E-state index contributed by atoms with van der Waals surface area (Å²) in [5.74, 6) is 0.412. The quantitative estimate of drug-likeness (QED) is 0.709. The maximum Gasteiger partial charge on any atom is 0.121 e. The number of aryl methyl sites for hydroxylation is 2. The van der Waals surface area contributed by atoms with Crippen molar-refractivity contribution in [2.45, 2.75) is 53.2 Å². The molecule has 3 heteroatoms. The molecule has 0 aliphatic heterocycles. The van der Waals surface area contributed by atoms with E-state index in [0.717, 1.165) is 43.7 Å². The summed E-state index contributed by atoms with van der Waals surface area (Å²) in [5, 5.41) is 13.1. The highest BCUT2D eigenvalue weighted by Crippen LogP contribution is 2.22. The molecule has 19 heavy (non-hydrogen) atoms. The van der Waals surface area contributed by atoms with Crippen molar-refractivity contribution < 1.29 is 9.84 Å². The number of phenolic OH excluding ortho intramolecular Hbond substituents is 1. The van der Waals surface area contributed by atoms with Gasteiger partial charge in [-0.1, -0.05) is 12.1 Å². The monoisotopic (exact) mass is 265 g/mol. The third-order valence-electron chi connectivity index (χ3n) is 3.08. The van der Waals surface area contributed by atoms with E-state index in [2.05, 4.69) is 19.2 Å². The van der Waals surface area contributed by atoms with Gasteiger partial charge >= 0.3 is 0 Å². The molecular weight excluding hydrogens is 238 g/mol. The number of rotatable bonds is 8. The van der Waals surface area contributed by atoms with Gasteiger partial charge in [0, 0.05) is 13.2 Å². The maximum absolute atomic E-state index is 9.71. The lowest BCUT2D eigenvalue weighted by molar-refractivity contribution is 0.0760. The summed E-state index contributed by atoms with van der Waals surface area (Å²) in [6.45, 7) is 10.7. The lowest BCUT2D eigenvalue weighted by Gasteiger charge is -2.10. The van der Waals surface area contributed by atoms with Crippen molar-refractivity contribution in [3.8, 4) is 5.75 Å². The summed E-state index contributed by atoms with van der Waals surface area (Å²) in [5.41, 5.74) is 3.12. The molecule has 0 amide bonds. The molecule has 0 aliphatic carbocycles. The predicted molar refractivity (Wildman–Crippen MR) is 79.6 cm³/mol. The Hall–Kier alpha value is -1.06. The summed E-state index contributed by atoms with van der Waals surface area (Å²) in [6.07, 6.45) is 2.55. The Labute approximate surface area is 117 Å². The first-order valence-electron chi connectivity index (χ1n) is 7.12. The standard InChI is InChI=1S/C16H27NO2/c1-12(2)19-8-6-5-7-17-11-15-9-13(3)16(18)14(4)10-15/h9-10,12,17-18H,5-8,11H2,1-4H3. The molecule has 0 saturated carbocycles. The van der Waals surface area contributed by atoms with Crippen molar-refractivity contribution in [1.29, 1.82) is 0 Å². The molecule has 0 unspecified atom stereocenters. The molecule has 0 heterocycles. The fourth-order valence-electron chi connectivity index (χ4n) is 2.05. The average molecular weight is 265 g/mol. The van der Waals surface area contributed by atoms with Gasteiger partial charge in [0.05, 0.1) is 6.10 Å². The van der Waals surface area contributed by atoms with Crippen molar-refractivity contribution in [2.75, 3.05) is 13.2 Å². The van der Waals surface area contributed by atoms with Crippen LogP contribution in [0.1, 0.15) is 43.4 Å². The summed E-state index contributed by atoms with van der Waals surface area (Å²) < 4.78 is 5.50. The summed E-state index contributed by atoms with van der Waals surface area (Å²) in [4.78, 5) is 0. The van der Waals surface area contributed by atoms with Crippen LogP contribution in [0.25, 0.3) is 0 Å². The van der Waals surface area contributed by atoms with Gasteiger partial charge in [-0.15, -0.1) is 0 Å². The molecule has 0 fully saturated rings. The molecule has 2 N–H and O–H groups in total. The van der Waals surface area contributed by atoms with Crippen molar-refractivity contribution in [2.24, 2.45) is 0 Å². The molecule has 0 atom stereocenters. The van der Waals surface area contributed by atoms with Crippen LogP contribution in [0.15, 0.2) is 12.1 Å². The van der Waals surface area contributed by atoms with Gasteiger partial charge in [-0.05, 0) is 63.8 Å². The summed E-state index contributed by atoms with van der Waals surface area (Å²) >= 11 is 0. The minimum atomic E-state index is 0.330. The molecule has 0 aliphatic rings. The fraction of sp³-hybridized carbons (Fsp3) is 0.625. The highest BCUT2D eigenvalue weighted by atomic mass is 16.5. The molecule has 3 nitrogen and oxygen atoms in total. The highest BCUT2D eigenvalue weighted by molar-refractivity contribution is 5.42. The van der Waals surface area contributed by atoms with Crippen LogP contribution < -0.4 is 5.32 Å². The van der Waals surface area contributed by atoms with E-state index >= 15 is 0 Å². The zero-order chi connectivity index (χ0) is 14.3. The number of unbranched alkanes of at least 4 members (excludes halogenated alkanes) is 1. The molecule has 1 aromatic carbocycles. The van der Waals surface area contributed by atoms with E-state index in [9.17, 15) is 5.11 Å². The number of hydrogen-bond donors (Lipinski definition) is 2. The topological polar surface area (TPSA) is 41.5 Å².